The van der Waals surface area contributed by atoms with Crippen molar-refractivity contribution >= 4 is 29.3 Å². The second-order valence-electron chi connectivity index (χ2n) is 7.72. The lowest BCUT2D eigenvalue weighted by Crippen LogP contribution is -2.31. The molecule has 0 saturated carbocycles. The van der Waals surface area contributed by atoms with Crippen LogP contribution in [0.25, 0.3) is 0 Å². The number of fused-ring (bicyclic) bond motifs is 2. The number of hydrogen-bond acceptors (Lipinski definition) is 8. The Balaban J connectivity index is 1.59. The van der Waals surface area contributed by atoms with Crippen LogP contribution in [0.15, 0.2) is 58.9 Å². The fraction of sp³-hybridized carbons (Fsp3) is 0.292. The summed E-state index contributed by atoms with van der Waals surface area (Å²) >= 11 is 1.54. The molecular weight excluding hydrogens is 454 g/mol. The molecule has 3 heterocycles. The van der Waals surface area contributed by atoms with Gasteiger partial charge in [0, 0.05) is 5.70 Å². The lowest BCUT2D eigenvalue weighted by molar-refractivity contribution is -0.113. The number of carbonyl (C=O) groups excluding carboxylic acids is 1. The number of carbonyl (C=O) groups is 1. The van der Waals surface area contributed by atoms with Gasteiger partial charge in [-0.25, -0.2) is 4.68 Å². The summed E-state index contributed by atoms with van der Waals surface area (Å²) in [6, 6.07) is 12.5. The highest BCUT2D eigenvalue weighted by Gasteiger charge is 2.35. The summed E-state index contributed by atoms with van der Waals surface area (Å²) in [6.45, 7) is 4.90. The van der Waals surface area contributed by atoms with Gasteiger partial charge in [0.25, 0.3) is 5.91 Å². The standard InChI is InChI=1S/C24H25N5O4S/c1-4-34-24-27-23-25-14(2)20(22(30)26-16-7-5-6-8-17(16)31-3)21(29(23)28-24)15-9-10-18-19(13-15)33-12-11-32-18/h5-10,13,21H,4,11-12H2,1-3H3,(H,26,30)(H,25,27,28). The molecule has 9 nitrogen and oxygen atoms in total. The maximum absolute atomic E-state index is 13.7. The molecule has 1 atom stereocenters. The van der Waals surface area contributed by atoms with Crippen LogP contribution in [-0.2, 0) is 4.79 Å². The molecule has 3 aromatic rings. The largest absolute Gasteiger partial charge is 0.495 e. The van der Waals surface area contributed by atoms with Crippen molar-refractivity contribution in [3.8, 4) is 17.2 Å². The minimum Gasteiger partial charge on any atom is -0.495 e. The first-order valence-corrected chi connectivity index (χ1v) is 12.0. The molecule has 0 aliphatic carbocycles. The van der Waals surface area contributed by atoms with Crippen LogP contribution in [0, 0.1) is 0 Å². The number of para-hydroxylation sites is 2. The minimum absolute atomic E-state index is 0.264. The fourth-order valence-corrected chi connectivity index (χ4v) is 4.65. The molecule has 0 radical (unpaired) electrons. The number of rotatable bonds is 6. The molecule has 0 bridgehead atoms. The number of methoxy groups -OCH3 is 1. The summed E-state index contributed by atoms with van der Waals surface area (Å²) in [6.07, 6.45) is 0. The molecule has 1 unspecified atom stereocenters. The number of benzene rings is 2. The second-order valence-corrected chi connectivity index (χ2v) is 8.95. The number of nitrogens with one attached hydrogen (secondary N) is 2. The summed E-state index contributed by atoms with van der Waals surface area (Å²) < 4.78 is 18.7. The third-order valence-electron chi connectivity index (χ3n) is 5.59. The van der Waals surface area contributed by atoms with Crippen molar-refractivity contribution in [2.75, 3.05) is 36.7 Å². The van der Waals surface area contributed by atoms with Crippen LogP contribution in [0.3, 0.4) is 0 Å². The molecule has 2 N–H and O–H groups in total. The zero-order valence-electron chi connectivity index (χ0n) is 19.1. The van der Waals surface area contributed by atoms with Gasteiger partial charge in [-0.2, -0.15) is 4.98 Å². The van der Waals surface area contributed by atoms with E-state index in [9.17, 15) is 4.79 Å². The zero-order chi connectivity index (χ0) is 23.7. The number of aromatic nitrogens is 3. The maximum atomic E-state index is 13.7. The predicted octanol–water partition coefficient (Wildman–Crippen LogP) is 4.10. The van der Waals surface area contributed by atoms with Crippen LogP contribution in [0.2, 0.25) is 0 Å². The Hall–Kier alpha value is -3.66. The zero-order valence-corrected chi connectivity index (χ0v) is 19.9. The van der Waals surface area contributed by atoms with Gasteiger partial charge in [-0.05, 0) is 42.5 Å². The van der Waals surface area contributed by atoms with Crippen molar-refractivity contribution < 1.29 is 19.0 Å². The molecule has 10 heteroatoms. The molecule has 0 saturated heterocycles. The van der Waals surface area contributed by atoms with Crippen molar-refractivity contribution in [2.45, 2.75) is 25.0 Å². The van der Waals surface area contributed by atoms with E-state index in [2.05, 4.69) is 15.6 Å². The van der Waals surface area contributed by atoms with E-state index in [0.29, 0.717) is 58.5 Å². The van der Waals surface area contributed by atoms with Gasteiger partial charge in [0.1, 0.15) is 25.0 Å². The third-order valence-corrected chi connectivity index (χ3v) is 6.31. The van der Waals surface area contributed by atoms with Gasteiger partial charge in [-0.1, -0.05) is 36.9 Å². The molecule has 5 rings (SSSR count). The molecule has 2 aromatic carbocycles. The van der Waals surface area contributed by atoms with E-state index in [0.717, 1.165) is 11.3 Å². The van der Waals surface area contributed by atoms with Gasteiger partial charge < -0.3 is 24.8 Å². The van der Waals surface area contributed by atoms with Crippen LogP contribution in [0.1, 0.15) is 25.5 Å². The minimum atomic E-state index is -0.513. The number of amides is 1. The molecular formula is C24H25N5O4S. The summed E-state index contributed by atoms with van der Waals surface area (Å²) in [5, 5.41) is 11.6. The molecule has 0 spiro atoms. The first-order chi connectivity index (χ1) is 16.6. The quantitative estimate of drug-likeness (QED) is 0.510. The van der Waals surface area contributed by atoms with Crippen molar-refractivity contribution in [3.05, 3.63) is 59.3 Å². The van der Waals surface area contributed by atoms with Gasteiger partial charge in [-0.3, -0.25) is 4.79 Å². The van der Waals surface area contributed by atoms with E-state index >= 15 is 0 Å². The summed E-state index contributed by atoms with van der Waals surface area (Å²) in [7, 11) is 1.57. The van der Waals surface area contributed by atoms with E-state index in [-0.39, 0.29) is 5.91 Å². The molecule has 0 fully saturated rings. The van der Waals surface area contributed by atoms with Gasteiger partial charge in [0.2, 0.25) is 11.1 Å². The number of thioether (sulfide) groups is 1. The highest BCUT2D eigenvalue weighted by molar-refractivity contribution is 7.99. The van der Waals surface area contributed by atoms with Crippen molar-refractivity contribution in [3.63, 3.8) is 0 Å². The van der Waals surface area contributed by atoms with Crippen LogP contribution in [0.4, 0.5) is 11.6 Å². The summed E-state index contributed by atoms with van der Waals surface area (Å²) in [4.78, 5) is 18.3. The van der Waals surface area contributed by atoms with E-state index in [1.165, 1.54) is 0 Å². The number of allylic oxidation sites excluding steroid dienone is 1. The first kappa shape index (κ1) is 22.1. The predicted molar refractivity (Wildman–Crippen MR) is 130 cm³/mol. The van der Waals surface area contributed by atoms with Crippen molar-refractivity contribution in [2.24, 2.45) is 0 Å². The topological polar surface area (TPSA) is 99.5 Å². The number of ether oxygens (including phenoxy) is 3. The van der Waals surface area contributed by atoms with Gasteiger partial charge in [0.05, 0.1) is 18.4 Å². The van der Waals surface area contributed by atoms with Gasteiger partial charge in [0.15, 0.2) is 11.5 Å². The first-order valence-electron chi connectivity index (χ1n) is 11.0. The summed E-state index contributed by atoms with van der Waals surface area (Å²) in [5.41, 5.74) is 2.64. The Morgan fingerprint density at radius 3 is 2.82 bits per heavy atom. The molecule has 1 aromatic heterocycles. The highest BCUT2D eigenvalue weighted by Crippen LogP contribution is 2.40. The fourth-order valence-electron chi connectivity index (χ4n) is 4.09. The lowest BCUT2D eigenvalue weighted by Gasteiger charge is -2.29. The van der Waals surface area contributed by atoms with Crippen molar-refractivity contribution in [1.82, 2.24) is 14.8 Å². The van der Waals surface area contributed by atoms with E-state index < -0.39 is 6.04 Å². The normalized spacial score (nSPS) is 16.5. The Bertz CT molecular complexity index is 1270. The average molecular weight is 480 g/mol. The van der Waals surface area contributed by atoms with Crippen LogP contribution in [0.5, 0.6) is 17.2 Å². The SMILES string of the molecule is CCSc1nc2n(n1)C(c1ccc3c(c1)OCCO3)C(C(=O)Nc1ccccc1OC)=C(C)N2. The molecule has 2 aliphatic heterocycles. The van der Waals surface area contributed by atoms with Crippen molar-refractivity contribution in [1.29, 1.82) is 0 Å². The van der Waals surface area contributed by atoms with Crippen LogP contribution < -0.4 is 24.8 Å². The van der Waals surface area contributed by atoms with E-state index in [4.69, 9.17) is 19.3 Å². The maximum Gasteiger partial charge on any atom is 0.255 e. The van der Waals surface area contributed by atoms with Crippen LogP contribution in [-0.4, -0.2) is 46.7 Å². The van der Waals surface area contributed by atoms with Crippen LogP contribution >= 0.6 is 11.8 Å². The highest BCUT2D eigenvalue weighted by atomic mass is 32.2. The molecule has 1 amide bonds. The van der Waals surface area contributed by atoms with Gasteiger partial charge >= 0.3 is 0 Å². The monoisotopic (exact) mass is 479 g/mol. The molecule has 34 heavy (non-hydrogen) atoms. The Labute approximate surface area is 201 Å². The Morgan fingerprint density at radius 2 is 2.03 bits per heavy atom. The summed E-state index contributed by atoms with van der Waals surface area (Å²) in [5.74, 6) is 3.07. The number of hydrogen-bond donors (Lipinski definition) is 2. The van der Waals surface area contributed by atoms with Gasteiger partial charge in [-0.15, -0.1) is 5.10 Å². The van der Waals surface area contributed by atoms with E-state index in [1.807, 2.05) is 44.2 Å². The number of nitrogens with zero attached hydrogens (tertiary/aromatic N) is 3. The Morgan fingerprint density at radius 1 is 1.24 bits per heavy atom. The lowest BCUT2D eigenvalue weighted by atomic mass is 9.94. The Kier molecular flexibility index (Phi) is 6.06. The van der Waals surface area contributed by atoms with E-state index in [1.54, 1.807) is 35.7 Å². The molecule has 176 valence electrons. The smallest absolute Gasteiger partial charge is 0.255 e. The second kappa shape index (κ2) is 9.30. The average Bonchev–Trinajstić information content (AvgIpc) is 3.25. The molecule has 2 aliphatic rings. The third kappa shape index (κ3) is 4.05. The number of anilines is 2.